The predicted octanol–water partition coefficient (Wildman–Crippen LogP) is 7.82. The van der Waals surface area contributed by atoms with Gasteiger partial charge >= 0.3 is 0 Å². The van der Waals surface area contributed by atoms with E-state index in [1.54, 1.807) is 12.7 Å². The Balaban J connectivity index is 1.56. The van der Waals surface area contributed by atoms with Crippen molar-refractivity contribution in [3.05, 3.63) is 70.8 Å². The highest BCUT2D eigenvalue weighted by Gasteiger charge is 2.31. The molecule has 0 aromatic heterocycles. The summed E-state index contributed by atoms with van der Waals surface area (Å²) in [6.45, 7) is 9.26. The Morgan fingerprint density at radius 2 is 1.85 bits per heavy atom. The number of rotatable bonds is 9. The molecule has 0 saturated carbocycles. The fourth-order valence-corrected chi connectivity index (χ4v) is 6.05. The third kappa shape index (κ3) is 5.68. The van der Waals surface area contributed by atoms with Gasteiger partial charge in [-0.2, -0.15) is 0 Å². The molecule has 4 rings (SSSR count). The van der Waals surface area contributed by atoms with Crippen molar-refractivity contribution in [2.24, 2.45) is 5.92 Å². The molecule has 3 heteroatoms. The average Bonchev–Trinajstić information content (AvgIpc) is 2.86. The first-order valence-electron chi connectivity index (χ1n) is 13.5. The van der Waals surface area contributed by atoms with Crippen LogP contribution in [-0.4, -0.2) is 18.7 Å². The molecule has 1 aliphatic carbocycles. The summed E-state index contributed by atoms with van der Waals surface area (Å²) in [5, 5.41) is 7.84. The fourth-order valence-electron chi connectivity index (χ4n) is 6.05. The van der Waals surface area contributed by atoms with Crippen LogP contribution in [0.25, 0.3) is 0 Å². The van der Waals surface area contributed by atoms with Crippen LogP contribution in [0.1, 0.15) is 95.4 Å². The molecule has 0 bridgehead atoms. The van der Waals surface area contributed by atoms with Crippen LogP contribution in [0.15, 0.2) is 54.1 Å². The molecule has 2 unspecified atom stereocenters. The molecule has 3 nitrogen and oxygen atoms in total. The molecule has 2 N–H and O–H groups in total. The number of methoxy groups -OCH3 is 1. The van der Waals surface area contributed by atoms with Crippen LogP contribution in [-0.2, 0) is 6.42 Å². The number of nitrogens with one attached hydrogen (secondary N) is 2. The van der Waals surface area contributed by atoms with E-state index < -0.39 is 0 Å². The van der Waals surface area contributed by atoms with Crippen molar-refractivity contribution in [2.75, 3.05) is 12.4 Å². The van der Waals surface area contributed by atoms with Gasteiger partial charge in [0.05, 0.1) is 18.7 Å². The maximum atomic E-state index is 5.53. The van der Waals surface area contributed by atoms with Crippen LogP contribution >= 0.6 is 0 Å². The van der Waals surface area contributed by atoms with Gasteiger partial charge in [0, 0.05) is 11.7 Å². The van der Waals surface area contributed by atoms with E-state index in [0.29, 0.717) is 6.04 Å². The second-order valence-corrected chi connectivity index (χ2v) is 10.7. The maximum absolute atomic E-state index is 5.53. The van der Waals surface area contributed by atoms with Crippen LogP contribution in [0.5, 0.6) is 5.75 Å². The van der Waals surface area contributed by atoms with Gasteiger partial charge in [0.25, 0.3) is 0 Å². The van der Waals surface area contributed by atoms with Crippen LogP contribution in [0.3, 0.4) is 0 Å². The zero-order chi connectivity index (χ0) is 24.1. The highest BCUT2D eigenvalue weighted by atomic mass is 16.5. The SMILES string of the molecule is CCCC[C@H]1Cc2cc(OC)ccc2[C@H](c2ccc(NC3(C)C=C(CC)CC(CC)C3)cc2)N1. The minimum absolute atomic E-state index is 0.0310. The van der Waals surface area contributed by atoms with Crippen molar-refractivity contribution in [3.63, 3.8) is 0 Å². The Labute approximate surface area is 207 Å². The smallest absolute Gasteiger partial charge is 0.119 e. The molecule has 4 atom stereocenters. The van der Waals surface area contributed by atoms with Crippen molar-refractivity contribution in [2.45, 2.75) is 96.7 Å². The van der Waals surface area contributed by atoms with E-state index in [2.05, 4.69) is 86.9 Å². The minimum atomic E-state index is 0.0310. The van der Waals surface area contributed by atoms with Crippen molar-refractivity contribution in [3.8, 4) is 5.75 Å². The second kappa shape index (κ2) is 11.0. The highest BCUT2D eigenvalue weighted by molar-refractivity contribution is 5.51. The summed E-state index contributed by atoms with van der Waals surface area (Å²) in [4.78, 5) is 0. The second-order valence-electron chi connectivity index (χ2n) is 10.7. The molecule has 2 aromatic rings. The quantitative estimate of drug-likeness (QED) is 0.374. The number of ether oxygens (including phenoxy) is 1. The summed E-state index contributed by atoms with van der Waals surface area (Å²) in [5.74, 6) is 1.73. The van der Waals surface area contributed by atoms with Crippen molar-refractivity contribution in [1.29, 1.82) is 0 Å². The Bertz CT molecular complexity index is 979. The zero-order valence-corrected chi connectivity index (χ0v) is 21.9. The number of benzene rings is 2. The number of hydrogen-bond donors (Lipinski definition) is 2. The van der Waals surface area contributed by atoms with E-state index in [4.69, 9.17) is 4.74 Å². The fraction of sp³-hybridized carbons (Fsp3) is 0.548. The lowest BCUT2D eigenvalue weighted by atomic mass is 9.76. The molecule has 184 valence electrons. The summed E-state index contributed by atoms with van der Waals surface area (Å²) in [7, 11) is 1.76. The summed E-state index contributed by atoms with van der Waals surface area (Å²) >= 11 is 0. The first-order chi connectivity index (χ1) is 16.5. The van der Waals surface area contributed by atoms with Gasteiger partial charge in [0.1, 0.15) is 5.75 Å². The van der Waals surface area contributed by atoms with Crippen molar-refractivity contribution in [1.82, 2.24) is 5.32 Å². The lowest BCUT2D eigenvalue weighted by Gasteiger charge is -2.38. The normalized spacial score (nSPS) is 26.5. The molecule has 0 radical (unpaired) electrons. The molecule has 0 spiro atoms. The van der Waals surface area contributed by atoms with Crippen molar-refractivity contribution < 1.29 is 4.74 Å². The zero-order valence-electron chi connectivity index (χ0n) is 21.9. The van der Waals surface area contributed by atoms with E-state index in [0.717, 1.165) is 24.5 Å². The largest absolute Gasteiger partial charge is 0.497 e. The number of unbranched alkanes of at least 4 members (excludes halogenated alkanes) is 1. The monoisotopic (exact) mass is 460 g/mol. The number of anilines is 1. The van der Waals surface area contributed by atoms with E-state index in [1.807, 2.05) is 0 Å². The van der Waals surface area contributed by atoms with Gasteiger partial charge in [-0.3, -0.25) is 0 Å². The van der Waals surface area contributed by atoms with E-state index >= 15 is 0 Å². The van der Waals surface area contributed by atoms with E-state index in [9.17, 15) is 0 Å². The first kappa shape index (κ1) is 24.9. The van der Waals surface area contributed by atoms with Crippen LogP contribution in [0.4, 0.5) is 5.69 Å². The highest BCUT2D eigenvalue weighted by Crippen LogP contribution is 2.38. The Morgan fingerprint density at radius 1 is 1.06 bits per heavy atom. The van der Waals surface area contributed by atoms with Crippen LogP contribution in [0, 0.1) is 5.92 Å². The minimum Gasteiger partial charge on any atom is -0.497 e. The van der Waals surface area contributed by atoms with Crippen LogP contribution in [0.2, 0.25) is 0 Å². The van der Waals surface area contributed by atoms with E-state index in [-0.39, 0.29) is 11.6 Å². The van der Waals surface area contributed by atoms with Gasteiger partial charge in [-0.05, 0) is 85.9 Å². The molecule has 1 aliphatic heterocycles. The summed E-state index contributed by atoms with van der Waals surface area (Å²) in [6, 6.07) is 16.5. The maximum Gasteiger partial charge on any atom is 0.119 e. The van der Waals surface area contributed by atoms with Crippen LogP contribution < -0.4 is 15.4 Å². The molecule has 0 fully saturated rings. The Kier molecular flexibility index (Phi) is 8.03. The van der Waals surface area contributed by atoms with Crippen molar-refractivity contribution >= 4 is 5.69 Å². The summed E-state index contributed by atoms with van der Waals surface area (Å²) in [6.07, 6.45) is 12.2. The third-order valence-corrected chi connectivity index (χ3v) is 7.93. The van der Waals surface area contributed by atoms with Gasteiger partial charge < -0.3 is 15.4 Å². The average molecular weight is 461 g/mol. The lowest BCUT2D eigenvalue weighted by molar-refractivity contribution is 0.368. The van der Waals surface area contributed by atoms with E-state index in [1.165, 1.54) is 60.9 Å². The predicted molar refractivity (Wildman–Crippen MR) is 145 cm³/mol. The molecule has 2 aliphatic rings. The molecular weight excluding hydrogens is 416 g/mol. The van der Waals surface area contributed by atoms with Gasteiger partial charge in [-0.25, -0.2) is 0 Å². The molecule has 34 heavy (non-hydrogen) atoms. The van der Waals surface area contributed by atoms with Gasteiger partial charge in [-0.1, -0.05) is 69.9 Å². The Morgan fingerprint density at radius 3 is 2.53 bits per heavy atom. The summed E-state index contributed by atoms with van der Waals surface area (Å²) < 4.78 is 5.53. The Hall–Kier alpha value is -2.26. The topological polar surface area (TPSA) is 33.3 Å². The van der Waals surface area contributed by atoms with Gasteiger partial charge in [0.2, 0.25) is 0 Å². The molecular formula is C31H44N2O. The molecule has 0 saturated heterocycles. The van der Waals surface area contributed by atoms with Gasteiger partial charge in [-0.15, -0.1) is 0 Å². The van der Waals surface area contributed by atoms with Gasteiger partial charge in [0.15, 0.2) is 0 Å². The third-order valence-electron chi connectivity index (χ3n) is 7.93. The number of hydrogen-bond acceptors (Lipinski definition) is 3. The summed E-state index contributed by atoms with van der Waals surface area (Å²) in [5.41, 5.74) is 6.98. The standard InChI is InChI=1S/C31H44N2O/c1-6-9-10-27-18-25-19-28(34-5)15-16-29(25)30(32-27)24-11-13-26(14-12-24)33-31(4)20-22(7-2)17-23(8-3)21-31/h11-16,19-20,23,27,30,32-33H,6-10,17-18,21H2,1-5H3/t23?,27-,30-,31?/m0/s1. The lowest BCUT2D eigenvalue weighted by Crippen LogP contribution is -2.40. The molecule has 0 amide bonds. The molecule has 1 heterocycles. The molecule has 2 aromatic carbocycles. The number of allylic oxidation sites excluding steroid dienone is 1. The first-order valence-corrected chi connectivity index (χ1v) is 13.5. The number of fused-ring (bicyclic) bond motifs is 1.